The van der Waals surface area contributed by atoms with Gasteiger partial charge in [0.15, 0.2) is 0 Å². The largest absolute Gasteiger partial charge is 0.477 e. The zero-order valence-corrected chi connectivity index (χ0v) is 7.32. The lowest BCUT2D eigenvalue weighted by molar-refractivity contribution is 0.290. The Labute approximate surface area is 76.0 Å². The van der Waals surface area contributed by atoms with Crippen LogP contribution in [0.15, 0.2) is 17.2 Å². The highest BCUT2D eigenvalue weighted by atomic mass is 16.5. The van der Waals surface area contributed by atoms with Crippen molar-refractivity contribution in [2.45, 2.75) is 19.3 Å². The Morgan fingerprint density at radius 2 is 2.46 bits per heavy atom. The highest BCUT2D eigenvalue weighted by Crippen LogP contribution is 2.32. The summed E-state index contributed by atoms with van der Waals surface area (Å²) >= 11 is 0. The maximum Gasteiger partial charge on any atom is 0.254 e. The maximum atomic E-state index is 10.8. The van der Waals surface area contributed by atoms with Gasteiger partial charge in [0.05, 0.1) is 19.0 Å². The summed E-state index contributed by atoms with van der Waals surface area (Å²) in [5.41, 5.74) is -0.170. The quantitative estimate of drug-likeness (QED) is 0.750. The summed E-state index contributed by atoms with van der Waals surface area (Å²) in [6, 6.07) is 1.37. The van der Waals surface area contributed by atoms with Crippen molar-refractivity contribution in [2.75, 3.05) is 6.61 Å². The summed E-state index contributed by atoms with van der Waals surface area (Å²) < 4.78 is 5.31. The number of H-pyrrole nitrogens is 1. The van der Waals surface area contributed by atoms with Crippen molar-refractivity contribution >= 4 is 0 Å². The Balaban J connectivity index is 1.82. The van der Waals surface area contributed by atoms with Crippen LogP contribution >= 0.6 is 0 Å². The van der Waals surface area contributed by atoms with Gasteiger partial charge in [0.1, 0.15) is 0 Å². The summed E-state index contributed by atoms with van der Waals surface area (Å²) in [7, 11) is 0. The number of ether oxygens (including phenoxy) is 1. The van der Waals surface area contributed by atoms with Gasteiger partial charge >= 0.3 is 0 Å². The standard InChI is InChI=1S/C9H12N2O2/c12-8-5-9(11-6-10-8)13-4-3-7-1-2-7/h5-7H,1-4H2,(H,10,11,12). The van der Waals surface area contributed by atoms with E-state index in [9.17, 15) is 4.79 Å². The van der Waals surface area contributed by atoms with Gasteiger partial charge in [0.25, 0.3) is 5.56 Å². The molecule has 0 unspecified atom stereocenters. The number of nitrogens with one attached hydrogen (secondary N) is 1. The Morgan fingerprint density at radius 1 is 1.62 bits per heavy atom. The molecule has 1 saturated carbocycles. The molecule has 2 rings (SSSR count). The Bertz CT molecular complexity index is 330. The second-order valence-electron chi connectivity index (χ2n) is 3.33. The third kappa shape index (κ3) is 2.57. The molecule has 0 atom stereocenters. The van der Waals surface area contributed by atoms with Gasteiger partial charge in [0, 0.05) is 0 Å². The van der Waals surface area contributed by atoms with Crippen LogP contribution in [0, 0.1) is 5.92 Å². The van der Waals surface area contributed by atoms with E-state index in [-0.39, 0.29) is 5.56 Å². The smallest absolute Gasteiger partial charge is 0.254 e. The van der Waals surface area contributed by atoms with Crippen LogP contribution in [0.4, 0.5) is 0 Å². The van der Waals surface area contributed by atoms with E-state index in [0.717, 1.165) is 12.3 Å². The molecule has 0 amide bonds. The van der Waals surface area contributed by atoms with E-state index in [1.165, 1.54) is 25.2 Å². The zero-order chi connectivity index (χ0) is 9.10. The molecule has 0 aromatic carbocycles. The average molecular weight is 180 g/mol. The van der Waals surface area contributed by atoms with Crippen molar-refractivity contribution in [1.82, 2.24) is 9.97 Å². The van der Waals surface area contributed by atoms with E-state index < -0.39 is 0 Å². The Kier molecular flexibility index (Phi) is 2.29. The third-order valence-electron chi connectivity index (χ3n) is 2.13. The van der Waals surface area contributed by atoms with Crippen molar-refractivity contribution in [2.24, 2.45) is 5.92 Å². The summed E-state index contributed by atoms with van der Waals surface area (Å²) in [5, 5.41) is 0. The second-order valence-corrected chi connectivity index (χ2v) is 3.33. The monoisotopic (exact) mass is 180 g/mol. The zero-order valence-electron chi connectivity index (χ0n) is 7.32. The molecule has 1 fully saturated rings. The normalized spacial score (nSPS) is 15.7. The molecule has 1 heterocycles. The molecule has 0 saturated heterocycles. The number of aromatic amines is 1. The maximum absolute atomic E-state index is 10.8. The van der Waals surface area contributed by atoms with Crippen molar-refractivity contribution in [1.29, 1.82) is 0 Å². The third-order valence-corrected chi connectivity index (χ3v) is 2.13. The molecule has 4 heteroatoms. The van der Waals surface area contributed by atoms with Crippen LogP contribution in [-0.2, 0) is 0 Å². The van der Waals surface area contributed by atoms with Crippen molar-refractivity contribution in [3.05, 3.63) is 22.7 Å². The first kappa shape index (κ1) is 8.29. The first-order valence-corrected chi connectivity index (χ1v) is 4.52. The Morgan fingerprint density at radius 3 is 3.15 bits per heavy atom. The molecule has 4 nitrogen and oxygen atoms in total. The highest BCUT2D eigenvalue weighted by molar-refractivity contribution is 5.04. The van der Waals surface area contributed by atoms with E-state index >= 15 is 0 Å². The second kappa shape index (κ2) is 3.60. The van der Waals surface area contributed by atoms with E-state index in [1.54, 1.807) is 0 Å². The van der Waals surface area contributed by atoms with Crippen LogP contribution in [0.25, 0.3) is 0 Å². The van der Waals surface area contributed by atoms with Gasteiger partial charge < -0.3 is 9.72 Å². The summed E-state index contributed by atoms with van der Waals surface area (Å²) in [6.07, 6.45) is 5.08. The molecule has 0 radical (unpaired) electrons. The van der Waals surface area contributed by atoms with Crippen LogP contribution < -0.4 is 10.3 Å². The van der Waals surface area contributed by atoms with Gasteiger partial charge in [0.2, 0.25) is 5.88 Å². The fraction of sp³-hybridized carbons (Fsp3) is 0.556. The highest BCUT2D eigenvalue weighted by Gasteiger charge is 2.20. The van der Waals surface area contributed by atoms with Crippen LogP contribution in [0.2, 0.25) is 0 Å². The van der Waals surface area contributed by atoms with Crippen molar-refractivity contribution < 1.29 is 4.74 Å². The molecule has 1 aromatic rings. The molecular weight excluding hydrogens is 168 g/mol. The van der Waals surface area contributed by atoms with Crippen LogP contribution in [0.5, 0.6) is 5.88 Å². The van der Waals surface area contributed by atoms with Crippen molar-refractivity contribution in [3.8, 4) is 5.88 Å². The lowest BCUT2D eigenvalue weighted by atomic mass is 10.3. The van der Waals surface area contributed by atoms with E-state index in [2.05, 4.69) is 9.97 Å². The lowest BCUT2D eigenvalue weighted by Gasteiger charge is -2.02. The van der Waals surface area contributed by atoms with E-state index in [0.29, 0.717) is 12.5 Å². The van der Waals surface area contributed by atoms with Gasteiger partial charge in [-0.15, -0.1) is 0 Å². The molecule has 1 aliphatic rings. The minimum Gasteiger partial charge on any atom is -0.477 e. The predicted octanol–water partition coefficient (Wildman–Crippen LogP) is 0.949. The van der Waals surface area contributed by atoms with Crippen LogP contribution in [0.1, 0.15) is 19.3 Å². The van der Waals surface area contributed by atoms with Gasteiger partial charge in [-0.1, -0.05) is 12.8 Å². The van der Waals surface area contributed by atoms with Crippen LogP contribution in [0.3, 0.4) is 0 Å². The summed E-state index contributed by atoms with van der Waals surface area (Å²) in [4.78, 5) is 17.1. The molecule has 70 valence electrons. The fourth-order valence-electron chi connectivity index (χ4n) is 1.17. The first-order chi connectivity index (χ1) is 6.34. The molecule has 0 bridgehead atoms. The fourth-order valence-corrected chi connectivity index (χ4v) is 1.17. The SMILES string of the molecule is O=c1cc(OCCC2CC2)nc[nH]1. The number of aromatic nitrogens is 2. The molecule has 13 heavy (non-hydrogen) atoms. The van der Waals surface area contributed by atoms with Gasteiger partial charge in [-0.05, 0) is 12.3 Å². The number of rotatable bonds is 4. The molecule has 1 aromatic heterocycles. The molecule has 1 N–H and O–H groups in total. The summed E-state index contributed by atoms with van der Waals surface area (Å²) in [5.74, 6) is 1.27. The average Bonchev–Trinajstić information content (AvgIpc) is 2.88. The Hall–Kier alpha value is -1.32. The number of nitrogens with zero attached hydrogens (tertiary/aromatic N) is 1. The topological polar surface area (TPSA) is 55.0 Å². The number of hydrogen-bond donors (Lipinski definition) is 1. The van der Waals surface area contributed by atoms with Crippen LogP contribution in [-0.4, -0.2) is 16.6 Å². The summed E-state index contributed by atoms with van der Waals surface area (Å²) in [6.45, 7) is 0.668. The predicted molar refractivity (Wildman–Crippen MR) is 47.7 cm³/mol. The van der Waals surface area contributed by atoms with Gasteiger partial charge in [-0.25, -0.2) is 4.98 Å². The molecular formula is C9H12N2O2. The molecule has 0 aliphatic heterocycles. The molecule has 1 aliphatic carbocycles. The minimum absolute atomic E-state index is 0.170. The van der Waals surface area contributed by atoms with Gasteiger partial charge in [-0.2, -0.15) is 0 Å². The van der Waals surface area contributed by atoms with E-state index in [4.69, 9.17) is 4.74 Å². The lowest BCUT2D eigenvalue weighted by Crippen LogP contribution is -2.07. The first-order valence-electron chi connectivity index (χ1n) is 4.52. The molecule has 0 spiro atoms. The van der Waals surface area contributed by atoms with E-state index in [1.807, 2.05) is 0 Å². The number of hydrogen-bond acceptors (Lipinski definition) is 3. The minimum atomic E-state index is -0.170. The van der Waals surface area contributed by atoms with Crippen molar-refractivity contribution in [3.63, 3.8) is 0 Å². The van der Waals surface area contributed by atoms with Gasteiger partial charge in [-0.3, -0.25) is 4.79 Å².